The van der Waals surface area contributed by atoms with Crippen molar-refractivity contribution in [3.05, 3.63) is 59.7 Å². The average Bonchev–Trinajstić information content (AvgIpc) is 2.66. The smallest absolute Gasteiger partial charge is 0.234 e. The number of hydrogen-bond donors (Lipinski definition) is 1. The van der Waals surface area contributed by atoms with Gasteiger partial charge in [0.1, 0.15) is 31.1 Å². The van der Waals surface area contributed by atoms with Crippen LogP contribution in [0.15, 0.2) is 48.5 Å². The number of amides is 1. The molecule has 0 heterocycles. The number of benzene rings is 2. The van der Waals surface area contributed by atoms with Gasteiger partial charge in [-0.2, -0.15) is 5.26 Å². The van der Waals surface area contributed by atoms with Crippen molar-refractivity contribution in [2.24, 2.45) is 0 Å². The summed E-state index contributed by atoms with van der Waals surface area (Å²) < 4.78 is 11.3. The quantitative estimate of drug-likeness (QED) is 0.663. The molecule has 0 unspecified atom stereocenters. The number of carbonyl (C=O) groups excluding carboxylic acids is 1. The Labute approximate surface area is 154 Å². The Kier molecular flexibility index (Phi) is 8.01. The van der Waals surface area contributed by atoms with Gasteiger partial charge >= 0.3 is 0 Å². The fraction of sp³-hybridized carbons (Fsp3) is 0.333. The molecule has 26 heavy (non-hydrogen) atoms. The van der Waals surface area contributed by atoms with Crippen LogP contribution in [0.3, 0.4) is 0 Å². The predicted octanol–water partition coefficient (Wildman–Crippen LogP) is 3.63. The fourth-order valence-electron chi connectivity index (χ4n) is 2.40. The molecule has 0 fully saturated rings. The molecule has 0 atom stereocenters. The van der Waals surface area contributed by atoms with Gasteiger partial charge in [-0.1, -0.05) is 37.6 Å². The number of nitrogens with one attached hydrogen (secondary N) is 1. The van der Waals surface area contributed by atoms with Gasteiger partial charge in [-0.05, 0) is 41.8 Å². The molecule has 2 aromatic rings. The summed E-state index contributed by atoms with van der Waals surface area (Å²) in [6.07, 6.45) is 2.10. The van der Waals surface area contributed by atoms with E-state index < -0.39 is 0 Å². The molecule has 2 rings (SSSR count). The molecule has 0 aliphatic carbocycles. The van der Waals surface area contributed by atoms with Gasteiger partial charge in [-0.15, -0.1) is 0 Å². The van der Waals surface area contributed by atoms with E-state index >= 15 is 0 Å². The Morgan fingerprint density at radius 2 is 1.50 bits per heavy atom. The Hall–Kier alpha value is -3.00. The SMILES string of the molecule is CCCc1ccc(OCCOc2ccc(CNC(=O)CC#N)cc2)cc1. The van der Waals surface area contributed by atoms with Crippen molar-refractivity contribution in [3.8, 4) is 17.6 Å². The van der Waals surface area contributed by atoms with Crippen molar-refractivity contribution < 1.29 is 14.3 Å². The summed E-state index contributed by atoms with van der Waals surface area (Å²) in [6, 6.07) is 17.4. The zero-order valence-corrected chi connectivity index (χ0v) is 15.0. The summed E-state index contributed by atoms with van der Waals surface area (Å²) in [5.41, 5.74) is 2.27. The maximum Gasteiger partial charge on any atom is 0.234 e. The largest absolute Gasteiger partial charge is 0.490 e. The lowest BCUT2D eigenvalue weighted by Gasteiger charge is -2.10. The van der Waals surface area contributed by atoms with Gasteiger partial charge in [0.15, 0.2) is 0 Å². The van der Waals surface area contributed by atoms with E-state index in [1.165, 1.54) is 5.56 Å². The highest BCUT2D eigenvalue weighted by atomic mass is 16.5. The van der Waals surface area contributed by atoms with E-state index in [-0.39, 0.29) is 12.3 Å². The van der Waals surface area contributed by atoms with Crippen LogP contribution in [0.4, 0.5) is 0 Å². The summed E-state index contributed by atoms with van der Waals surface area (Å²) in [5, 5.41) is 11.1. The molecule has 5 nitrogen and oxygen atoms in total. The molecule has 1 amide bonds. The first-order chi connectivity index (χ1) is 12.7. The molecular weight excluding hydrogens is 328 g/mol. The molecule has 0 saturated carbocycles. The normalized spacial score (nSPS) is 10.0. The van der Waals surface area contributed by atoms with E-state index in [0.717, 1.165) is 29.9 Å². The van der Waals surface area contributed by atoms with Gasteiger partial charge in [0.05, 0.1) is 6.07 Å². The zero-order chi connectivity index (χ0) is 18.6. The number of rotatable bonds is 10. The summed E-state index contributed by atoms with van der Waals surface area (Å²) in [5.74, 6) is 1.32. The monoisotopic (exact) mass is 352 g/mol. The van der Waals surface area contributed by atoms with Crippen LogP contribution in [0, 0.1) is 11.3 Å². The predicted molar refractivity (Wildman–Crippen MR) is 99.9 cm³/mol. The molecule has 0 saturated heterocycles. The third-order valence-corrected chi connectivity index (χ3v) is 3.74. The zero-order valence-electron chi connectivity index (χ0n) is 15.0. The van der Waals surface area contributed by atoms with Crippen molar-refractivity contribution in [2.75, 3.05) is 13.2 Å². The van der Waals surface area contributed by atoms with Gasteiger partial charge in [0.2, 0.25) is 5.91 Å². The highest BCUT2D eigenvalue weighted by Crippen LogP contribution is 2.14. The van der Waals surface area contributed by atoms with Crippen molar-refractivity contribution in [3.63, 3.8) is 0 Å². The Balaban J connectivity index is 1.68. The van der Waals surface area contributed by atoms with Crippen LogP contribution < -0.4 is 14.8 Å². The summed E-state index contributed by atoms with van der Waals surface area (Å²) >= 11 is 0. The molecule has 0 aliphatic heterocycles. The van der Waals surface area contributed by atoms with Crippen LogP contribution >= 0.6 is 0 Å². The minimum absolute atomic E-state index is 0.122. The lowest BCUT2D eigenvalue weighted by Crippen LogP contribution is -2.21. The van der Waals surface area contributed by atoms with Crippen molar-refractivity contribution in [1.29, 1.82) is 5.26 Å². The second-order valence-corrected chi connectivity index (χ2v) is 5.85. The first-order valence-corrected chi connectivity index (χ1v) is 8.78. The van der Waals surface area contributed by atoms with Gasteiger partial charge in [0, 0.05) is 6.54 Å². The summed E-state index contributed by atoms with van der Waals surface area (Å²) in [6.45, 7) is 3.49. The first kappa shape index (κ1) is 19.3. The lowest BCUT2D eigenvalue weighted by molar-refractivity contribution is -0.120. The van der Waals surface area contributed by atoms with Gasteiger partial charge in [-0.25, -0.2) is 0 Å². The number of nitrogens with zero attached hydrogens (tertiary/aromatic N) is 1. The number of hydrogen-bond acceptors (Lipinski definition) is 4. The van der Waals surface area contributed by atoms with E-state index in [1.807, 2.05) is 42.5 Å². The van der Waals surface area contributed by atoms with E-state index in [4.69, 9.17) is 14.7 Å². The van der Waals surface area contributed by atoms with E-state index in [0.29, 0.717) is 19.8 Å². The number of aryl methyl sites for hydroxylation is 1. The highest BCUT2D eigenvalue weighted by Gasteiger charge is 2.01. The lowest BCUT2D eigenvalue weighted by atomic mass is 10.1. The fourth-order valence-corrected chi connectivity index (χ4v) is 2.40. The molecular formula is C21H24N2O3. The van der Waals surface area contributed by atoms with Crippen LogP contribution in [0.5, 0.6) is 11.5 Å². The molecule has 0 spiro atoms. The molecule has 0 aromatic heterocycles. The van der Waals surface area contributed by atoms with Crippen molar-refractivity contribution >= 4 is 5.91 Å². The van der Waals surface area contributed by atoms with Gasteiger partial charge in [-0.3, -0.25) is 4.79 Å². The highest BCUT2D eigenvalue weighted by molar-refractivity contribution is 5.77. The molecule has 1 N–H and O–H groups in total. The minimum Gasteiger partial charge on any atom is -0.490 e. The molecule has 0 radical (unpaired) electrons. The molecule has 2 aromatic carbocycles. The topological polar surface area (TPSA) is 71.3 Å². The van der Waals surface area contributed by atoms with Crippen LogP contribution in [-0.2, 0) is 17.8 Å². The third kappa shape index (κ3) is 6.86. The summed E-state index contributed by atoms with van der Waals surface area (Å²) in [7, 11) is 0. The average molecular weight is 352 g/mol. The maximum absolute atomic E-state index is 11.3. The van der Waals surface area contributed by atoms with E-state index in [2.05, 4.69) is 24.4 Å². The van der Waals surface area contributed by atoms with Crippen LogP contribution in [0.25, 0.3) is 0 Å². The molecule has 0 aliphatic rings. The number of nitriles is 1. The van der Waals surface area contributed by atoms with E-state index in [9.17, 15) is 4.79 Å². The minimum atomic E-state index is -0.271. The second-order valence-electron chi connectivity index (χ2n) is 5.85. The standard InChI is InChI=1S/C21H24N2O3/c1-2-3-17-4-8-19(9-5-17)25-14-15-26-20-10-6-18(7-11-20)16-23-21(24)12-13-22/h4-11H,2-3,12,14-16H2,1H3,(H,23,24). The number of ether oxygens (including phenoxy) is 2. The molecule has 0 bridgehead atoms. The summed E-state index contributed by atoms with van der Waals surface area (Å²) in [4.78, 5) is 11.3. The first-order valence-electron chi connectivity index (χ1n) is 8.78. The Bertz CT molecular complexity index is 718. The third-order valence-electron chi connectivity index (χ3n) is 3.74. The maximum atomic E-state index is 11.3. The van der Waals surface area contributed by atoms with Crippen LogP contribution in [0.1, 0.15) is 30.9 Å². The second kappa shape index (κ2) is 10.8. The van der Waals surface area contributed by atoms with Crippen LogP contribution in [0.2, 0.25) is 0 Å². The molecule has 136 valence electrons. The van der Waals surface area contributed by atoms with E-state index in [1.54, 1.807) is 0 Å². The van der Waals surface area contributed by atoms with Crippen molar-refractivity contribution in [2.45, 2.75) is 32.7 Å². The van der Waals surface area contributed by atoms with Crippen LogP contribution in [-0.4, -0.2) is 19.1 Å². The molecule has 5 heteroatoms. The number of carbonyl (C=O) groups is 1. The van der Waals surface area contributed by atoms with Gasteiger partial charge < -0.3 is 14.8 Å². The Morgan fingerprint density at radius 1 is 0.962 bits per heavy atom. The van der Waals surface area contributed by atoms with Gasteiger partial charge in [0.25, 0.3) is 0 Å². The van der Waals surface area contributed by atoms with Crippen molar-refractivity contribution in [1.82, 2.24) is 5.32 Å². The Morgan fingerprint density at radius 3 is 2.00 bits per heavy atom.